The Kier molecular flexibility index (Phi) is 3.39. The molecule has 118 valence electrons. The van der Waals surface area contributed by atoms with Crippen molar-refractivity contribution in [3.8, 4) is 0 Å². The van der Waals surface area contributed by atoms with Crippen molar-refractivity contribution < 1.29 is 18.1 Å². The van der Waals surface area contributed by atoms with Gasteiger partial charge in [-0.05, 0) is 32.6 Å². The van der Waals surface area contributed by atoms with E-state index in [0.717, 1.165) is 6.20 Å². The smallest absolute Gasteiger partial charge is 0.367 e. The number of aromatic nitrogens is 2. The lowest BCUT2D eigenvalue weighted by Crippen LogP contribution is -2.31. The molecule has 0 radical (unpaired) electrons. The first-order valence-electron chi connectivity index (χ1n) is 6.30. The summed E-state index contributed by atoms with van der Waals surface area (Å²) in [5, 5.41) is 19.8. The van der Waals surface area contributed by atoms with Crippen molar-refractivity contribution in [1.29, 1.82) is 0 Å². The van der Waals surface area contributed by atoms with Crippen LogP contribution in [0, 0.1) is 10.1 Å². The van der Waals surface area contributed by atoms with Crippen LogP contribution in [-0.4, -0.2) is 34.3 Å². The second-order valence-electron chi connectivity index (χ2n) is 6.28. The maximum Gasteiger partial charge on any atom is 0.410 e. The molecule has 1 aliphatic heterocycles. The Balaban J connectivity index is 2.54. The summed E-state index contributed by atoms with van der Waals surface area (Å²) < 4.78 is 30.1. The van der Waals surface area contributed by atoms with Crippen LogP contribution in [0.5, 0.6) is 0 Å². The summed E-state index contributed by atoms with van der Waals surface area (Å²) in [6.45, 7) is 7.45. The van der Waals surface area contributed by atoms with Gasteiger partial charge in [0.1, 0.15) is 6.04 Å². The van der Waals surface area contributed by atoms with Crippen LogP contribution < -0.4 is 5.14 Å². The van der Waals surface area contributed by atoms with Gasteiger partial charge in [0, 0.05) is 6.42 Å². The van der Waals surface area contributed by atoms with Gasteiger partial charge in [-0.1, -0.05) is 0 Å². The van der Waals surface area contributed by atoms with Gasteiger partial charge in [0.05, 0.1) is 22.5 Å². The standard InChI is InChI=1S/C11H18N4O5S/c1-10(2)5-8(11(3,4)20-10)14-6-7(21(12,18)19)9(13-14)15(16)17/h6,8H,5H2,1-4H3,(H2,12,18,19). The lowest BCUT2D eigenvalue weighted by molar-refractivity contribution is -0.392. The van der Waals surface area contributed by atoms with Crippen LogP contribution >= 0.6 is 0 Å². The molecule has 0 aromatic carbocycles. The summed E-state index contributed by atoms with van der Waals surface area (Å²) in [6.07, 6.45) is 1.65. The minimum Gasteiger partial charge on any atom is -0.367 e. The Morgan fingerprint density at radius 2 is 2.05 bits per heavy atom. The van der Waals surface area contributed by atoms with Crippen molar-refractivity contribution in [2.75, 3.05) is 0 Å². The van der Waals surface area contributed by atoms with Crippen molar-refractivity contribution in [1.82, 2.24) is 9.78 Å². The highest BCUT2D eigenvalue weighted by molar-refractivity contribution is 7.89. The van der Waals surface area contributed by atoms with E-state index in [1.807, 2.05) is 27.7 Å². The van der Waals surface area contributed by atoms with Gasteiger partial charge in [0.15, 0.2) is 0 Å². The summed E-state index contributed by atoms with van der Waals surface area (Å²) in [5.41, 5.74) is -1.07. The molecule has 0 bridgehead atoms. The Bertz CT molecular complexity index is 691. The minimum atomic E-state index is -4.22. The number of ether oxygens (including phenoxy) is 1. The summed E-state index contributed by atoms with van der Waals surface area (Å²) in [7, 11) is -4.22. The topological polar surface area (TPSA) is 130 Å². The fraction of sp³-hybridized carbons (Fsp3) is 0.727. The molecule has 1 fully saturated rings. The van der Waals surface area contributed by atoms with Crippen molar-refractivity contribution in [3.05, 3.63) is 16.3 Å². The summed E-state index contributed by atoms with van der Waals surface area (Å²) in [4.78, 5) is 9.52. The third-order valence-electron chi connectivity index (χ3n) is 3.51. The molecule has 1 aliphatic rings. The van der Waals surface area contributed by atoms with Gasteiger partial charge in [0.2, 0.25) is 14.9 Å². The average molecular weight is 318 g/mol. The molecule has 9 nitrogen and oxygen atoms in total. The SMILES string of the molecule is CC1(C)CC(n2cc(S(N)(=O)=O)c([N+](=O)[O-])n2)C(C)(C)O1. The van der Waals surface area contributed by atoms with Crippen LogP contribution in [0.4, 0.5) is 5.82 Å². The van der Waals surface area contributed by atoms with Crippen LogP contribution in [-0.2, 0) is 14.8 Å². The van der Waals surface area contributed by atoms with Gasteiger partial charge < -0.3 is 14.9 Å². The summed E-state index contributed by atoms with van der Waals surface area (Å²) >= 11 is 0. The molecule has 10 heteroatoms. The Morgan fingerprint density at radius 1 is 1.48 bits per heavy atom. The number of hydrogen-bond acceptors (Lipinski definition) is 6. The largest absolute Gasteiger partial charge is 0.410 e. The number of rotatable bonds is 3. The van der Waals surface area contributed by atoms with Crippen molar-refractivity contribution in [2.45, 2.75) is 56.3 Å². The second kappa shape index (κ2) is 4.49. The van der Waals surface area contributed by atoms with E-state index in [2.05, 4.69) is 5.10 Å². The Labute approximate surface area is 122 Å². The number of sulfonamides is 1. The number of nitrogens with zero attached hydrogens (tertiary/aromatic N) is 3. The molecule has 1 atom stereocenters. The molecule has 0 aliphatic carbocycles. The van der Waals surface area contributed by atoms with E-state index >= 15 is 0 Å². The zero-order chi connectivity index (χ0) is 16.2. The average Bonchev–Trinajstić information content (AvgIpc) is 2.75. The van der Waals surface area contributed by atoms with Gasteiger partial charge in [0.25, 0.3) is 0 Å². The van der Waals surface area contributed by atoms with E-state index in [-0.39, 0.29) is 6.04 Å². The van der Waals surface area contributed by atoms with Crippen molar-refractivity contribution in [3.63, 3.8) is 0 Å². The van der Waals surface area contributed by atoms with Crippen molar-refractivity contribution >= 4 is 15.8 Å². The highest BCUT2D eigenvalue weighted by atomic mass is 32.2. The van der Waals surface area contributed by atoms with Crippen LogP contribution in [0.25, 0.3) is 0 Å². The molecule has 2 N–H and O–H groups in total. The van der Waals surface area contributed by atoms with Gasteiger partial charge in [-0.25, -0.2) is 13.6 Å². The molecule has 0 spiro atoms. The third-order valence-corrected chi connectivity index (χ3v) is 4.41. The zero-order valence-corrected chi connectivity index (χ0v) is 13.0. The normalized spacial score (nSPS) is 24.1. The van der Waals surface area contributed by atoms with Crippen LogP contribution in [0.15, 0.2) is 11.1 Å². The number of hydrogen-bond donors (Lipinski definition) is 1. The quantitative estimate of drug-likeness (QED) is 0.652. The molecule has 1 saturated heterocycles. The third kappa shape index (κ3) is 2.92. The van der Waals surface area contributed by atoms with Gasteiger partial charge in [-0.2, -0.15) is 4.68 Å². The minimum absolute atomic E-state index is 0.332. The zero-order valence-electron chi connectivity index (χ0n) is 12.2. The molecule has 1 aromatic heterocycles. The highest BCUT2D eigenvalue weighted by Gasteiger charge is 2.49. The monoisotopic (exact) mass is 318 g/mol. The molecule has 1 aromatic rings. The fourth-order valence-electron chi connectivity index (χ4n) is 2.80. The van der Waals surface area contributed by atoms with E-state index in [4.69, 9.17) is 9.88 Å². The highest BCUT2D eigenvalue weighted by Crippen LogP contribution is 2.45. The predicted octanol–water partition coefficient (Wildman–Crippen LogP) is 0.957. The Morgan fingerprint density at radius 3 is 2.38 bits per heavy atom. The van der Waals surface area contributed by atoms with Crippen LogP contribution in [0.3, 0.4) is 0 Å². The predicted molar refractivity (Wildman–Crippen MR) is 73.2 cm³/mol. The molecule has 21 heavy (non-hydrogen) atoms. The second-order valence-corrected chi connectivity index (χ2v) is 7.81. The first kappa shape index (κ1) is 15.9. The molecule has 0 saturated carbocycles. The summed E-state index contributed by atoms with van der Waals surface area (Å²) in [5.74, 6) is -0.766. The molecule has 0 amide bonds. The fourth-order valence-corrected chi connectivity index (χ4v) is 3.42. The van der Waals surface area contributed by atoms with E-state index in [9.17, 15) is 18.5 Å². The van der Waals surface area contributed by atoms with Gasteiger partial charge >= 0.3 is 5.82 Å². The first-order valence-corrected chi connectivity index (χ1v) is 7.85. The summed E-state index contributed by atoms with van der Waals surface area (Å²) in [6, 6.07) is -0.332. The lowest BCUT2D eigenvalue weighted by Gasteiger charge is -2.25. The van der Waals surface area contributed by atoms with Crippen LogP contribution in [0.1, 0.15) is 40.2 Å². The number of nitro groups is 1. The van der Waals surface area contributed by atoms with Crippen LogP contribution in [0.2, 0.25) is 0 Å². The lowest BCUT2D eigenvalue weighted by atomic mass is 9.95. The van der Waals surface area contributed by atoms with E-state index < -0.39 is 36.9 Å². The molecule has 2 rings (SSSR count). The molecule has 2 heterocycles. The van der Waals surface area contributed by atoms with Crippen molar-refractivity contribution in [2.24, 2.45) is 5.14 Å². The number of nitrogens with two attached hydrogens (primary N) is 1. The van der Waals surface area contributed by atoms with E-state index in [0.29, 0.717) is 6.42 Å². The maximum absolute atomic E-state index is 11.5. The molecular weight excluding hydrogens is 300 g/mol. The van der Waals surface area contributed by atoms with Gasteiger partial charge in [-0.15, -0.1) is 0 Å². The van der Waals surface area contributed by atoms with E-state index in [1.165, 1.54) is 4.68 Å². The molecular formula is C11H18N4O5S. The molecule has 1 unspecified atom stereocenters. The Hall–Kier alpha value is -1.52. The van der Waals surface area contributed by atoms with E-state index in [1.54, 1.807) is 0 Å². The maximum atomic E-state index is 11.5. The first-order chi connectivity index (χ1) is 9.33. The van der Waals surface area contributed by atoms with Gasteiger partial charge in [-0.3, -0.25) is 0 Å². The number of primary sulfonamides is 1.